The van der Waals surface area contributed by atoms with E-state index in [1.54, 1.807) is 13.3 Å². The summed E-state index contributed by atoms with van der Waals surface area (Å²) < 4.78 is 17.3. The number of aromatic nitrogens is 2. The normalized spacial score (nSPS) is 16.0. The van der Waals surface area contributed by atoms with E-state index in [1.807, 2.05) is 54.7 Å². The third kappa shape index (κ3) is 2.91. The molecule has 0 saturated carbocycles. The molecule has 2 aromatic heterocycles. The summed E-state index contributed by atoms with van der Waals surface area (Å²) in [5.41, 5.74) is 4.87. The van der Waals surface area contributed by atoms with Gasteiger partial charge in [0.15, 0.2) is 5.58 Å². The molecular weight excluding hydrogens is 340 g/mol. The molecule has 4 aromatic rings. The minimum absolute atomic E-state index is 0.0823. The van der Waals surface area contributed by atoms with E-state index in [9.17, 15) is 0 Å². The van der Waals surface area contributed by atoms with Crippen LogP contribution in [0.3, 0.4) is 0 Å². The van der Waals surface area contributed by atoms with Crippen LogP contribution in [0.5, 0.6) is 11.5 Å². The summed E-state index contributed by atoms with van der Waals surface area (Å²) >= 11 is 0. The summed E-state index contributed by atoms with van der Waals surface area (Å²) in [7, 11) is 1.67. The molecule has 5 heteroatoms. The number of benzene rings is 2. The van der Waals surface area contributed by atoms with Gasteiger partial charge < -0.3 is 13.9 Å². The van der Waals surface area contributed by atoms with Gasteiger partial charge in [-0.15, -0.1) is 0 Å². The molecule has 1 atom stereocenters. The second kappa shape index (κ2) is 6.43. The van der Waals surface area contributed by atoms with Gasteiger partial charge >= 0.3 is 0 Å². The summed E-state index contributed by atoms with van der Waals surface area (Å²) in [4.78, 5) is 8.88. The summed E-state index contributed by atoms with van der Waals surface area (Å²) in [6.45, 7) is 0.557. The number of hydrogen-bond donors (Lipinski definition) is 0. The lowest BCUT2D eigenvalue weighted by Gasteiger charge is -2.23. The Labute approximate surface area is 156 Å². The monoisotopic (exact) mass is 358 g/mol. The molecule has 0 radical (unpaired) electrons. The lowest BCUT2D eigenvalue weighted by Crippen LogP contribution is -2.19. The first-order chi connectivity index (χ1) is 13.3. The zero-order valence-electron chi connectivity index (χ0n) is 14.9. The second-order valence-electron chi connectivity index (χ2n) is 6.66. The third-order valence-corrected chi connectivity index (χ3v) is 4.92. The highest BCUT2D eigenvalue weighted by Crippen LogP contribution is 2.35. The van der Waals surface area contributed by atoms with Gasteiger partial charge in [-0.05, 0) is 53.9 Å². The van der Waals surface area contributed by atoms with E-state index in [4.69, 9.17) is 18.9 Å². The lowest BCUT2D eigenvalue weighted by molar-refractivity contribution is 0.243. The average Bonchev–Trinajstić information content (AvgIpc) is 3.17. The van der Waals surface area contributed by atoms with Crippen LogP contribution in [0, 0.1) is 0 Å². The predicted molar refractivity (Wildman–Crippen MR) is 102 cm³/mol. The first kappa shape index (κ1) is 15.9. The van der Waals surface area contributed by atoms with E-state index in [1.165, 1.54) is 0 Å². The van der Waals surface area contributed by atoms with Crippen LogP contribution < -0.4 is 9.47 Å². The van der Waals surface area contributed by atoms with Crippen molar-refractivity contribution < 1.29 is 13.9 Å². The van der Waals surface area contributed by atoms with Crippen LogP contribution in [0.25, 0.3) is 22.2 Å². The fourth-order valence-corrected chi connectivity index (χ4v) is 3.49. The van der Waals surface area contributed by atoms with Crippen LogP contribution in [-0.4, -0.2) is 23.7 Å². The second-order valence-corrected chi connectivity index (χ2v) is 6.66. The van der Waals surface area contributed by atoms with Gasteiger partial charge in [0.2, 0.25) is 5.89 Å². The smallest absolute Gasteiger partial charge is 0.202 e. The standard InChI is InChI=1S/C22H18N2O3/c1-25-18-5-7-20-16(10-18)9-17(13-26-20)22-24-19-6-4-14(11-21(19)27-22)15-3-2-8-23-12-15/h2-8,10-12,17H,9,13H2,1H3/t17-/m1/s1. The van der Waals surface area contributed by atoms with Crippen molar-refractivity contribution in [3.63, 3.8) is 0 Å². The van der Waals surface area contributed by atoms with E-state index >= 15 is 0 Å². The number of rotatable bonds is 3. The van der Waals surface area contributed by atoms with Gasteiger partial charge in [-0.3, -0.25) is 4.98 Å². The molecule has 0 spiro atoms. The molecule has 1 aliphatic rings. The molecule has 5 nitrogen and oxygen atoms in total. The molecule has 134 valence electrons. The number of fused-ring (bicyclic) bond motifs is 2. The van der Waals surface area contributed by atoms with Crippen molar-refractivity contribution in [1.82, 2.24) is 9.97 Å². The van der Waals surface area contributed by atoms with Crippen molar-refractivity contribution in [1.29, 1.82) is 0 Å². The van der Waals surface area contributed by atoms with Crippen LogP contribution in [0.15, 0.2) is 65.3 Å². The molecule has 0 unspecified atom stereocenters. The van der Waals surface area contributed by atoms with E-state index in [2.05, 4.69) is 4.98 Å². The summed E-state index contributed by atoms with van der Waals surface area (Å²) in [6, 6.07) is 15.9. The Morgan fingerprint density at radius 1 is 1.07 bits per heavy atom. The molecule has 0 N–H and O–H groups in total. The van der Waals surface area contributed by atoms with Gasteiger partial charge in [0.1, 0.15) is 23.6 Å². The molecule has 0 aliphatic carbocycles. The van der Waals surface area contributed by atoms with Gasteiger partial charge in [-0.2, -0.15) is 0 Å². The predicted octanol–water partition coefficient (Wildman–Crippen LogP) is 4.62. The molecule has 5 rings (SSSR count). The largest absolute Gasteiger partial charge is 0.497 e. The Kier molecular flexibility index (Phi) is 3.78. The summed E-state index contributed by atoms with van der Waals surface area (Å²) in [5, 5.41) is 0. The van der Waals surface area contributed by atoms with E-state index in [0.29, 0.717) is 12.5 Å². The molecule has 3 heterocycles. The van der Waals surface area contributed by atoms with Gasteiger partial charge in [0.05, 0.1) is 13.0 Å². The minimum atomic E-state index is 0.0823. The number of oxazole rings is 1. The molecule has 0 saturated heterocycles. The highest BCUT2D eigenvalue weighted by molar-refractivity contribution is 5.80. The Morgan fingerprint density at radius 2 is 2.04 bits per heavy atom. The first-order valence-corrected chi connectivity index (χ1v) is 8.91. The van der Waals surface area contributed by atoms with Crippen LogP contribution in [0.2, 0.25) is 0 Å². The van der Waals surface area contributed by atoms with E-state index in [0.717, 1.165) is 45.7 Å². The Morgan fingerprint density at radius 3 is 2.89 bits per heavy atom. The van der Waals surface area contributed by atoms with Crippen LogP contribution in [0.1, 0.15) is 17.4 Å². The Balaban J connectivity index is 1.47. The van der Waals surface area contributed by atoms with E-state index < -0.39 is 0 Å². The van der Waals surface area contributed by atoms with Gasteiger partial charge in [-0.25, -0.2) is 4.98 Å². The highest BCUT2D eigenvalue weighted by atomic mass is 16.5. The summed E-state index contributed by atoms with van der Waals surface area (Å²) in [6.07, 6.45) is 4.43. The SMILES string of the molecule is COc1ccc2c(c1)C[C@@H](c1nc3ccc(-c4cccnc4)cc3o1)CO2. The first-order valence-electron chi connectivity index (χ1n) is 8.91. The zero-order valence-corrected chi connectivity index (χ0v) is 14.9. The number of pyridine rings is 1. The minimum Gasteiger partial charge on any atom is -0.497 e. The maximum atomic E-state index is 6.10. The maximum Gasteiger partial charge on any atom is 0.202 e. The molecule has 1 aliphatic heterocycles. The van der Waals surface area contributed by atoms with Crippen molar-refractivity contribution in [3.8, 4) is 22.6 Å². The van der Waals surface area contributed by atoms with Crippen molar-refractivity contribution in [2.45, 2.75) is 12.3 Å². The van der Waals surface area contributed by atoms with Crippen LogP contribution in [-0.2, 0) is 6.42 Å². The molecule has 2 aromatic carbocycles. The number of methoxy groups -OCH3 is 1. The average molecular weight is 358 g/mol. The lowest BCUT2D eigenvalue weighted by atomic mass is 9.96. The Hall–Kier alpha value is -3.34. The molecule has 0 fully saturated rings. The quantitative estimate of drug-likeness (QED) is 0.535. The number of hydrogen-bond acceptors (Lipinski definition) is 5. The van der Waals surface area contributed by atoms with Gasteiger partial charge in [0.25, 0.3) is 0 Å². The maximum absolute atomic E-state index is 6.10. The number of ether oxygens (including phenoxy) is 2. The van der Waals surface area contributed by atoms with Gasteiger partial charge in [-0.1, -0.05) is 12.1 Å². The highest BCUT2D eigenvalue weighted by Gasteiger charge is 2.26. The van der Waals surface area contributed by atoms with Crippen molar-refractivity contribution >= 4 is 11.1 Å². The molecule has 0 bridgehead atoms. The van der Waals surface area contributed by atoms with Crippen molar-refractivity contribution in [3.05, 3.63) is 72.4 Å². The van der Waals surface area contributed by atoms with Crippen LogP contribution >= 0.6 is 0 Å². The van der Waals surface area contributed by atoms with Crippen LogP contribution in [0.4, 0.5) is 0 Å². The van der Waals surface area contributed by atoms with E-state index in [-0.39, 0.29) is 5.92 Å². The third-order valence-electron chi connectivity index (χ3n) is 4.92. The number of nitrogens with zero attached hydrogens (tertiary/aromatic N) is 2. The fraction of sp³-hybridized carbons (Fsp3) is 0.182. The van der Waals surface area contributed by atoms with Crippen molar-refractivity contribution in [2.75, 3.05) is 13.7 Å². The fourth-order valence-electron chi connectivity index (χ4n) is 3.49. The zero-order chi connectivity index (χ0) is 18.2. The summed E-state index contributed by atoms with van der Waals surface area (Å²) in [5.74, 6) is 2.53. The Bertz CT molecular complexity index is 1110. The van der Waals surface area contributed by atoms with Gasteiger partial charge in [0, 0.05) is 18.0 Å². The van der Waals surface area contributed by atoms with Crippen molar-refractivity contribution in [2.24, 2.45) is 0 Å². The molecule has 0 amide bonds. The molecular formula is C22H18N2O3. The topological polar surface area (TPSA) is 57.4 Å². The molecule has 27 heavy (non-hydrogen) atoms.